The van der Waals surface area contributed by atoms with Gasteiger partial charge in [-0.05, 0) is 18.0 Å². The highest BCUT2D eigenvalue weighted by Crippen LogP contribution is 2.31. The van der Waals surface area contributed by atoms with Crippen LogP contribution in [-0.2, 0) is 15.3 Å². The van der Waals surface area contributed by atoms with Gasteiger partial charge in [0.2, 0.25) is 5.28 Å². The molecule has 1 atom stereocenters. The minimum Gasteiger partial charge on any atom is -0.297 e. The second kappa shape index (κ2) is 3.95. The lowest BCUT2D eigenvalue weighted by atomic mass is 9.95. The van der Waals surface area contributed by atoms with E-state index in [0.717, 1.165) is 5.82 Å². The number of hydrogen-bond acceptors (Lipinski definition) is 4. The van der Waals surface area contributed by atoms with Gasteiger partial charge in [0.1, 0.15) is 5.82 Å². The molecule has 96 valence electrons. The summed E-state index contributed by atoms with van der Waals surface area (Å²) in [6.45, 7) is 6.02. The number of rotatable bonds is 1. The molecular formula is C10H16ClN3O2S. The molecule has 7 heteroatoms. The molecule has 0 spiro atoms. The summed E-state index contributed by atoms with van der Waals surface area (Å²) in [4.78, 5) is 0. The smallest absolute Gasteiger partial charge is 0.225 e. The molecule has 1 aliphatic heterocycles. The van der Waals surface area contributed by atoms with Crippen molar-refractivity contribution in [1.82, 2.24) is 14.8 Å². The summed E-state index contributed by atoms with van der Waals surface area (Å²) in [6.07, 6.45) is 0.586. The van der Waals surface area contributed by atoms with Crippen LogP contribution < -0.4 is 0 Å². The SMILES string of the molecule is CC(C)(C)c1nnc(Cl)n1C1CCS(=O)(=O)C1. The zero-order valence-electron chi connectivity index (χ0n) is 10.1. The van der Waals surface area contributed by atoms with Gasteiger partial charge in [-0.1, -0.05) is 20.8 Å². The van der Waals surface area contributed by atoms with Crippen LogP contribution in [0.5, 0.6) is 0 Å². The van der Waals surface area contributed by atoms with E-state index in [1.165, 1.54) is 0 Å². The van der Waals surface area contributed by atoms with Gasteiger partial charge in [-0.2, -0.15) is 0 Å². The standard InChI is InChI=1S/C10H16ClN3O2S/c1-10(2,3)8-12-13-9(11)14(8)7-4-5-17(15,16)6-7/h7H,4-6H2,1-3H3. The second-order valence-electron chi connectivity index (χ2n) is 5.47. The quantitative estimate of drug-likeness (QED) is 0.782. The predicted octanol–water partition coefficient (Wildman–Crippen LogP) is 1.59. The number of hydrogen-bond donors (Lipinski definition) is 0. The van der Waals surface area contributed by atoms with E-state index in [2.05, 4.69) is 10.2 Å². The summed E-state index contributed by atoms with van der Waals surface area (Å²) >= 11 is 6.02. The lowest BCUT2D eigenvalue weighted by molar-refractivity contribution is 0.455. The summed E-state index contributed by atoms with van der Waals surface area (Å²) in [7, 11) is -2.94. The molecule has 1 aromatic rings. The maximum atomic E-state index is 11.5. The highest BCUT2D eigenvalue weighted by Gasteiger charge is 2.34. The molecule has 1 saturated heterocycles. The fourth-order valence-electron chi connectivity index (χ4n) is 2.09. The van der Waals surface area contributed by atoms with E-state index < -0.39 is 9.84 Å². The van der Waals surface area contributed by atoms with Gasteiger partial charge >= 0.3 is 0 Å². The van der Waals surface area contributed by atoms with Crippen molar-refractivity contribution in [2.75, 3.05) is 11.5 Å². The highest BCUT2D eigenvalue weighted by atomic mass is 35.5. The third-order valence-corrected chi connectivity index (χ3v) is 4.91. The molecule has 1 unspecified atom stereocenters. The Morgan fingerprint density at radius 3 is 2.47 bits per heavy atom. The van der Waals surface area contributed by atoms with Crippen LogP contribution in [0.2, 0.25) is 5.28 Å². The molecule has 1 fully saturated rings. The van der Waals surface area contributed by atoms with Gasteiger partial charge in [0.15, 0.2) is 9.84 Å². The summed E-state index contributed by atoms with van der Waals surface area (Å²) < 4.78 is 24.8. The van der Waals surface area contributed by atoms with Gasteiger partial charge in [0.25, 0.3) is 0 Å². The van der Waals surface area contributed by atoms with Gasteiger partial charge < -0.3 is 0 Å². The minimum atomic E-state index is -2.94. The zero-order valence-corrected chi connectivity index (χ0v) is 11.7. The maximum absolute atomic E-state index is 11.5. The Balaban J connectivity index is 2.43. The summed E-state index contributed by atoms with van der Waals surface area (Å²) in [5.41, 5.74) is -0.202. The summed E-state index contributed by atoms with van der Waals surface area (Å²) in [5.74, 6) is 1.09. The van der Waals surface area contributed by atoms with Crippen molar-refractivity contribution in [1.29, 1.82) is 0 Å². The number of nitrogens with zero attached hydrogens (tertiary/aromatic N) is 3. The van der Waals surface area contributed by atoms with Crippen molar-refractivity contribution in [3.8, 4) is 0 Å². The van der Waals surface area contributed by atoms with Crippen molar-refractivity contribution < 1.29 is 8.42 Å². The molecule has 5 nitrogen and oxygen atoms in total. The zero-order chi connectivity index (χ0) is 12.8. The molecule has 0 saturated carbocycles. The summed E-state index contributed by atoms with van der Waals surface area (Å²) in [5, 5.41) is 8.20. The Morgan fingerprint density at radius 1 is 1.35 bits per heavy atom. The van der Waals surface area contributed by atoms with Gasteiger partial charge in [0.05, 0.1) is 17.5 Å². The van der Waals surface area contributed by atoms with Crippen molar-refractivity contribution in [3.63, 3.8) is 0 Å². The largest absolute Gasteiger partial charge is 0.297 e. The first-order chi connectivity index (χ1) is 7.71. The van der Waals surface area contributed by atoms with Crippen LogP contribution in [0, 0.1) is 0 Å². The first-order valence-electron chi connectivity index (χ1n) is 5.52. The van der Waals surface area contributed by atoms with Crippen LogP contribution in [0.25, 0.3) is 0 Å². The molecule has 0 amide bonds. The maximum Gasteiger partial charge on any atom is 0.225 e. The van der Waals surface area contributed by atoms with Crippen molar-refractivity contribution in [3.05, 3.63) is 11.1 Å². The fraction of sp³-hybridized carbons (Fsp3) is 0.800. The minimum absolute atomic E-state index is 0.128. The van der Waals surface area contributed by atoms with Crippen LogP contribution in [0.1, 0.15) is 39.1 Å². The van der Waals surface area contributed by atoms with E-state index in [9.17, 15) is 8.42 Å². The Bertz CT molecular complexity index is 530. The van der Waals surface area contributed by atoms with Crippen LogP contribution in [0.15, 0.2) is 0 Å². The lowest BCUT2D eigenvalue weighted by Crippen LogP contribution is -2.23. The molecule has 1 aromatic heterocycles. The van der Waals surface area contributed by atoms with Crippen LogP contribution in [-0.4, -0.2) is 34.7 Å². The molecule has 0 aromatic carbocycles. The molecular weight excluding hydrogens is 262 g/mol. The topological polar surface area (TPSA) is 64.8 Å². The van der Waals surface area contributed by atoms with Gasteiger partial charge in [-0.3, -0.25) is 4.57 Å². The Labute approximate surface area is 106 Å². The fourth-order valence-corrected chi connectivity index (χ4v) is 4.04. The van der Waals surface area contributed by atoms with Crippen LogP contribution in [0.3, 0.4) is 0 Å². The van der Waals surface area contributed by atoms with Crippen molar-refractivity contribution >= 4 is 21.4 Å². The third kappa shape index (κ3) is 2.47. The molecule has 1 aliphatic rings. The monoisotopic (exact) mass is 277 g/mol. The molecule has 2 rings (SSSR count). The molecule has 0 bridgehead atoms. The molecule has 0 radical (unpaired) electrons. The average Bonchev–Trinajstić information content (AvgIpc) is 2.67. The molecule has 2 heterocycles. The first kappa shape index (κ1) is 12.8. The molecule has 0 aliphatic carbocycles. The third-order valence-electron chi connectivity index (χ3n) is 2.90. The van der Waals surface area contributed by atoms with Crippen LogP contribution in [0.4, 0.5) is 0 Å². The van der Waals surface area contributed by atoms with E-state index >= 15 is 0 Å². The number of halogens is 1. The Morgan fingerprint density at radius 2 is 2.00 bits per heavy atom. The molecule has 0 N–H and O–H groups in total. The van der Waals surface area contributed by atoms with E-state index in [1.54, 1.807) is 4.57 Å². The Kier molecular flexibility index (Phi) is 2.98. The normalized spacial score (nSPS) is 24.1. The van der Waals surface area contributed by atoms with Crippen LogP contribution >= 0.6 is 11.6 Å². The second-order valence-corrected chi connectivity index (χ2v) is 8.04. The molecule has 17 heavy (non-hydrogen) atoms. The van der Waals surface area contributed by atoms with Crippen molar-refractivity contribution in [2.45, 2.75) is 38.6 Å². The first-order valence-corrected chi connectivity index (χ1v) is 7.72. The van der Waals surface area contributed by atoms with E-state index in [-0.39, 0.29) is 28.2 Å². The average molecular weight is 278 g/mol. The van der Waals surface area contributed by atoms with Gasteiger partial charge in [0, 0.05) is 5.41 Å². The number of sulfone groups is 1. The Hall–Kier alpha value is -0.620. The van der Waals surface area contributed by atoms with Crippen molar-refractivity contribution in [2.24, 2.45) is 0 Å². The van der Waals surface area contributed by atoms with E-state index in [0.29, 0.717) is 6.42 Å². The van der Waals surface area contributed by atoms with Gasteiger partial charge in [-0.15, -0.1) is 10.2 Å². The lowest BCUT2D eigenvalue weighted by Gasteiger charge is -2.22. The van der Waals surface area contributed by atoms with Gasteiger partial charge in [-0.25, -0.2) is 8.42 Å². The predicted molar refractivity (Wildman–Crippen MR) is 66.0 cm³/mol. The number of aromatic nitrogens is 3. The summed E-state index contributed by atoms with van der Waals surface area (Å²) in [6, 6.07) is -0.128. The van der Waals surface area contributed by atoms with E-state index in [4.69, 9.17) is 11.6 Å². The van der Waals surface area contributed by atoms with E-state index in [1.807, 2.05) is 20.8 Å². The highest BCUT2D eigenvalue weighted by molar-refractivity contribution is 7.91.